The zero-order valence-corrected chi connectivity index (χ0v) is 11.0. The van der Waals surface area contributed by atoms with Crippen molar-refractivity contribution >= 4 is 11.9 Å². The lowest BCUT2D eigenvalue weighted by Gasteiger charge is -2.25. The lowest BCUT2D eigenvalue weighted by atomic mass is 9.90. The topological polar surface area (TPSA) is 72.8 Å². The van der Waals surface area contributed by atoms with Crippen LogP contribution in [0.4, 0.5) is 0 Å². The summed E-state index contributed by atoms with van der Waals surface area (Å²) in [6.45, 7) is 7.09. The Balaban J connectivity index is 4.73. The predicted octanol–water partition coefficient (Wildman–Crippen LogP) is 1.28. The Morgan fingerprint density at radius 1 is 1.12 bits per heavy atom. The summed E-state index contributed by atoms with van der Waals surface area (Å²) in [5, 5.41) is 9.91. The highest BCUT2D eigenvalue weighted by atomic mass is 16.6. The lowest BCUT2D eigenvalue weighted by molar-refractivity contribution is -0.164. The molecule has 5 nitrogen and oxygen atoms in total. The second kappa shape index (κ2) is 7.27. The van der Waals surface area contributed by atoms with Crippen LogP contribution in [0, 0.1) is 5.92 Å². The molecule has 0 aliphatic carbocycles. The van der Waals surface area contributed by atoms with Crippen LogP contribution in [0.1, 0.15) is 40.5 Å². The van der Waals surface area contributed by atoms with Crippen molar-refractivity contribution in [2.45, 2.75) is 46.1 Å². The molecular weight excluding hydrogens is 224 g/mol. The average Bonchev–Trinajstić information content (AvgIpc) is 2.26. The van der Waals surface area contributed by atoms with Gasteiger partial charge in [-0.05, 0) is 33.6 Å². The third kappa shape index (κ3) is 5.68. The van der Waals surface area contributed by atoms with Crippen molar-refractivity contribution in [2.24, 2.45) is 5.92 Å². The molecule has 0 heterocycles. The van der Waals surface area contributed by atoms with Gasteiger partial charge in [0.25, 0.3) is 0 Å². The third-order valence-electron chi connectivity index (χ3n) is 2.55. The van der Waals surface area contributed by atoms with Gasteiger partial charge in [-0.25, -0.2) is 0 Å². The first-order valence-electron chi connectivity index (χ1n) is 5.93. The molecule has 0 rings (SSSR count). The highest BCUT2D eigenvalue weighted by Gasteiger charge is 2.35. The Kier molecular flexibility index (Phi) is 6.80. The van der Waals surface area contributed by atoms with Gasteiger partial charge in [-0.2, -0.15) is 0 Å². The number of aliphatic hydroxyl groups is 1. The van der Waals surface area contributed by atoms with Crippen LogP contribution in [0.2, 0.25) is 0 Å². The van der Waals surface area contributed by atoms with E-state index in [1.54, 1.807) is 27.7 Å². The van der Waals surface area contributed by atoms with Gasteiger partial charge in [0.1, 0.15) is 0 Å². The Morgan fingerprint density at radius 2 is 1.53 bits per heavy atom. The summed E-state index contributed by atoms with van der Waals surface area (Å²) in [5.74, 6) is -2.33. The minimum Gasteiger partial charge on any atom is -0.465 e. The van der Waals surface area contributed by atoms with E-state index in [9.17, 15) is 14.7 Å². The van der Waals surface area contributed by atoms with Crippen molar-refractivity contribution in [2.75, 3.05) is 13.2 Å². The molecule has 100 valence electrons. The first-order valence-corrected chi connectivity index (χ1v) is 5.93. The number of esters is 2. The minimum atomic E-state index is -1.08. The molecule has 17 heavy (non-hydrogen) atoms. The van der Waals surface area contributed by atoms with Gasteiger partial charge in [-0.15, -0.1) is 0 Å². The standard InChI is InChI=1S/C12H22O5/c1-5-12(4,15)8-9(10(13)16-6-2)11(14)17-7-3/h9,15H,5-8H2,1-4H3. The van der Waals surface area contributed by atoms with Crippen LogP contribution in [0.25, 0.3) is 0 Å². The summed E-state index contributed by atoms with van der Waals surface area (Å²) in [5.41, 5.74) is -1.08. The van der Waals surface area contributed by atoms with Crippen molar-refractivity contribution in [3.63, 3.8) is 0 Å². The second-order valence-corrected chi connectivity index (χ2v) is 4.11. The fraction of sp³-hybridized carbons (Fsp3) is 0.833. The van der Waals surface area contributed by atoms with Gasteiger partial charge in [0.2, 0.25) is 0 Å². The van der Waals surface area contributed by atoms with Crippen LogP contribution < -0.4 is 0 Å². The Bertz CT molecular complexity index is 242. The van der Waals surface area contributed by atoms with E-state index in [4.69, 9.17) is 9.47 Å². The summed E-state index contributed by atoms with van der Waals surface area (Å²) in [4.78, 5) is 23.2. The quantitative estimate of drug-likeness (QED) is 0.541. The Morgan fingerprint density at radius 3 is 1.82 bits per heavy atom. The summed E-state index contributed by atoms with van der Waals surface area (Å²) in [7, 11) is 0. The predicted molar refractivity (Wildman–Crippen MR) is 62.3 cm³/mol. The SMILES string of the molecule is CCOC(=O)C(CC(C)(O)CC)C(=O)OCC. The highest BCUT2D eigenvalue weighted by Crippen LogP contribution is 2.22. The molecule has 0 amide bonds. The molecule has 0 radical (unpaired) electrons. The summed E-state index contributed by atoms with van der Waals surface area (Å²) >= 11 is 0. The molecule has 0 saturated heterocycles. The van der Waals surface area contributed by atoms with Crippen LogP contribution in [-0.4, -0.2) is 35.9 Å². The summed E-state index contributed by atoms with van der Waals surface area (Å²) in [6.07, 6.45) is 0.462. The number of carbonyl (C=O) groups is 2. The maximum atomic E-state index is 11.6. The number of rotatable bonds is 7. The van der Waals surface area contributed by atoms with E-state index in [1.165, 1.54) is 0 Å². The number of ether oxygens (including phenoxy) is 2. The van der Waals surface area contributed by atoms with Gasteiger partial charge in [0.15, 0.2) is 5.92 Å². The normalized spacial score (nSPS) is 14.2. The molecule has 0 aromatic carbocycles. The molecule has 0 bridgehead atoms. The molecular formula is C12H22O5. The van der Waals surface area contributed by atoms with Crippen LogP contribution >= 0.6 is 0 Å². The monoisotopic (exact) mass is 246 g/mol. The fourth-order valence-electron chi connectivity index (χ4n) is 1.33. The van der Waals surface area contributed by atoms with Crippen molar-refractivity contribution in [3.8, 4) is 0 Å². The zero-order chi connectivity index (χ0) is 13.5. The van der Waals surface area contributed by atoms with Gasteiger partial charge in [0.05, 0.1) is 18.8 Å². The molecule has 0 aliphatic rings. The van der Waals surface area contributed by atoms with Crippen molar-refractivity contribution < 1.29 is 24.2 Å². The fourth-order valence-corrected chi connectivity index (χ4v) is 1.33. The van der Waals surface area contributed by atoms with Crippen LogP contribution in [-0.2, 0) is 19.1 Å². The zero-order valence-electron chi connectivity index (χ0n) is 11.0. The maximum Gasteiger partial charge on any atom is 0.320 e. The van der Waals surface area contributed by atoms with Crippen molar-refractivity contribution in [3.05, 3.63) is 0 Å². The molecule has 0 aromatic rings. The molecule has 1 atom stereocenters. The van der Waals surface area contributed by atoms with Gasteiger partial charge in [-0.1, -0.05) is 6.92 Å². The van der Waals surface area contributed by atoms with Crippen molar-refractivity contribution in [1.82, 2.24) is 0 Å². The Labute approximate surface area is 102 Å². The minimum absolute atomic E-state index is 0.0150. The van der Waals surface area contributed by atoms with Crippen LogP contribution in [0.3, 0.4) is 0 Å². The first-order chi connectivity index (χ1) is 7.87. The molecule has 0 saturated carbocycles. The lowest BCUT2D eigenvalue weighted by Crippen LogP contribution is -2.36. The largest absolute Gasteiger partial charge is 0.465 e. The molecule has 0 aromatic heterocycles. The number of hydrogen-bond donors (Lipinski definition) is 1. The van der Waals surface area contributed by atoms with Crippen LogP contribution in [0.15, 0.2) is 0 Å². The molecule has 0 fully saturated rings. The van der Waals surface area contributed by atoms with Gasteiger partial charge < -0.3 is 14.6 Å². The summed E-state index contributed by atoms with van der Waals surface area (Å²) < 4.78 is 9.62. The highest BCUT2D eigenvalue weighted by molar-refractivity contribution is 5.95. The third-order valence-corrected chi connectivity index (χ3v) is 2.55. The number of carbonyl (C=O) groups excluding carboxylic acids is 2. The number of hydrogen-bond acceptors (Lipinski definition) is 5. The van der Waals surface area contributed by atoms with E-state index >= 15 is 0 Å². The van der Waals surface area contributed by atoms with E-state index in [0.717, 1.165) is 0 Å². The summed E-state index contributed by atoms with van der Waals surface area (Å²) in [6, 6.07) is 0. The van der Waals surface area contributed by atoms with Crippen molar-refractivity contribution in [1.29, 1.82) is 0 Å². The molecule has 1 N–H and O–H groups in total. The average molecular weight is 246 g/mol. The second-order valence-electron chi connectivity index (χ2n) is 4.11. The maximum absolute atomic E-state index is 11.6. The molecule has 5 heteroatoms. The smallest absolute Gasteiger partial charge is 0.320 e. The van der Waals surface area contributed by atoms with E-state index < -0.39 is 23.5 Å². The van der Waals surface area contributed by atoms with E-state index in [-0.39, 0.29) is 19.6 Å². The van der Waals surface area contributed by atoms with Gasteiger partial charge in [0, 0.05) is 0 Å². The van der Waals surface area contributed by atoms with Gasteiger partial charge >= 0.3 is 11.9 Å². The van der Waals surface area contributed by atoms with E-state index in [2.05, 4.69) is 0 Å². The Hall–Kier alpha value is -1.10. The van der Waals surface area contributed by atoms with Gasteiger partial charge in [-0.3, -0.25) is 9.59 Å². The molecule has 1 unspecified atom stereocenters. The van der Waals surface area contributed by atoms with Crippen LogP contribution in [0.5, 0.6) is 0 Å². The molecule has 0 spiro atoms. The molecule has 0 aliphatic heterocycles. The van der Waals surface area contributed by atoms with E-state index in [1.807, 2.05) is 0 Å². The first kappa shape index (κ1) is 15.9. The van der Waals surface area contributed by atoms with E-state index in [0.29, 0.717) is 6.42 Å².